The largest absolute Gasteiger partial charge is 0.348 e. The van der Waals surface area contributed by atoms with Crippen molar-refractivity contribution in [1.29, 1.82) is 0 Å². The van der Waals surface area contributed by atoms with Crippen LogP contribution in [0.4, 0.5) is 5.69 Å². The van der Waals surface area contributed by atoms with Gasteiger partial charge in [0.1, 0.15) is 0 Å². The molecular weight excluding hydrogens is 366 g/mol. The highest BCUT2D eigenvalue weighted by atomic mass is 35.5. The van der Waals surface area contributed by atoms with Crippen LogP contribution in [-0.4, -0.2) is 21.6 Å². The Hall–Kier alpha value is -2.37. The monoisotopic (exact) mass is 383 g/mol. The van der Waals surface area contributed by atoms with Crippen LogP contribution in [-0.2, 0) is 19.5 Å². The lowest BCUT2D eigenvalue weighted by atomic mass is 10.1. The number of halogens is 1. The second kappa shape index (κ2) is 6.74. The number of anilines is 1. The van der Waals surface area contributed by atoms with Gasteiger partial charge in [0.25, 0.3) is 5.56 Å². The number of aryl methyl sites for hydroxylation is 2. The number of thiocarbonyl (C=S) groups is 1. The molecule has 1 aliphatic rings. The van der Waals surface area contributed by atoms with Gasteiger partial charge in [-0.05, 0) is 47.8 Å². The average molecular weight is 384 g/mol. The number of benzene rings is 2. The Bertz CT molecular complexity index is 1080. The summed E-state index contributed by atoms with van der Waals surface area (Å²) in [5, 5.41) is 5.37. The van der Waals surface area contributed by atoms with Crippen LogP contribution in [0, 0.1) is 0 Å². The maximum Gasteiger partial charge on any atom is 0.256 e. The summed E-state index contributed by atoms with van der Waals surface area (Å²) >= 11 is 11.7. The molecule has 0 bridgehead atoms. The van der Waals surface area contributed by atoms with Crippen molar-refractivity contribution in [3.8, 4) is 0 Å². The van der Waals surface area contributed by atoms with Crippen LogP contribution in [0.25, 0.3) is 10.9 Å². The van der Waals surface area contributed by atoms with Gasteiger partial charge < -0.3 is 14.8 Å². The van der Waals surface area contributed by atoms with Crippen LogP contribution in [0.15, 0.2) is 53.3 Å². The van der Waals surface area contributed by atoms with Crippen molar-refractivity contribution in [3.63, 3.8) is 0 Å². The highest BCUT2D eigenvalue weighted by Gasteiger charge is 2.18. The standard InChI is InChI=1S/C20H18ClN3OS/c1-23(20(26)22-17-8-3-2-7-16(17)21)12-15-11-14-6-4-5-13-9-10-24(18(13)14)19(15)25/h2-8,11H,9-10,12H2,1H3,(H,22,26). The van der Waals surface area contributed by atoms with Gasteiger partial charge >= 0.3 is 0 Å². The molecule has 2 heterocycles. The van der Waals surface area contributed by atoms with E-state index in [1.165, 1.54) is 5.56 Å². The maximum atomic E-state index is 12.9. The van der Waals surface area contributed by atoms with Crippen molar-refractivity contribution < 1.29 is 0 Å². The number of nitrogens with one attached hydrogen (secondary N) is 1. The number of aromatic nitrogens is 1. The van der Waals surface area contributed by atoms with Crippen molar-refractivity contribution in [2.45, 2.75) is 19.5 Å². The third-order valence-corrected chi connectivity index (χ3v) is 5.49. The molecule has 26 heavy (non-hydrogen) atoms. The Morgan fingerprint density at radius 3 is 2.88 bits per heavy atom. The van der Waals surface area contributed by atoms with E-state index in [4.69, 9.17) is 23.8 Å². The molecule has 4 rings (SSSR count). The molecule has 0 atom stereocenters. The molecular formula is C20H18ClN3OS. The molecule has 0 saturated carbocycles. The number of nitrogens with zero attached hydrogens (tertiary/aromatic N) is 2. The molecule has 4 nitrogen and oxygen atoms in total. The number of hydrogen-bond donors (Lipinski definition) is 1. The van der Waals surface area contributed by atoms with Gasteiger partial charge in [-0.3, -0.25) is 4.79 Å². The van der Waals surface area contributed by atoms with Crippen LogP contribution in [0.3, 0.4) is 0 Å². The zero-order valence-corrected chi connectivity index (χ0v) is 15.9. The third-order valence-electron chi connectivity index (χ3n) is 4.74. The van der Waals surface area contributed by atoms with Crippen molar-refractivity contribution in [2.24, 2.45) is 0 Å². The number of pyridine rings is 1. The predicted octanol–water partition coefficient (Wildman–Crippen LogP) is 4.04. The molecule has 132 valence electrons. The molecule has 0 spiro atoms. The number of hydrogen-bond acceptors (Lipinski definition) is 2. The highest BCUT2D eigenvalue weighted by Crippen LogP contribution is 2.25. The van der Waals surface area contributed by atoms with Gasteiger partial charge in [0.2, 0.25) is 0 Å². The SMILES string of the molecule is CN(Cc1cc2cccc3c2n(c1=O)CC3)C(=S)Nc1ccccc1Cl. The second-order valence-corrected chi connectivity index (χ2v) is 7.29. The first kappa shape index (κ1) is 17.1. The molecule has 0 radical (unpaired) electrons. The zero-order valence-electron chi connectivity index (χ0n) is 14.3. The van der Waals surface area contributed by atoms with Gasteiger partial charge in [-0.25, -0.2) is 0 Å². The molecule has 2 aromatic carbocycles. The minimum Gasteiger partial charge on any atom is -0.348 e. The van der Waals surface area contributed by atoms with Gasteiger partial charge in [0.15, 0.2) is 5.11 Å². The van der Waals surface area contributed by atoms with E-state index in [2.05, 4.69) is 23.5 Å². The van der Waals surface area contributed by atoms with E-state index in [1.54, 1.807) is 0 Å². The minimum atomic E-state index is 0.0647. The van der Waals surface area contributed by atoms with E-state index in [0.29, 0.717) is 16.7 Å². The molecule has 0 fully saturated rings. The van der Waals surface area contributed by atoms with Crippen LogP contribution in [0.1, 0.15) is 11.1 Å². The summed E-state index contributed by atoms with van der Waals surface area (Å²) in [5.74, 6) is 0. The van der Waals surface area contributed by atoms with Crippen molar-refractivity contribution in [3.05, 3.63) is 75.0 Å². The second-order valence-electron chi connectivity index (χ2n) is 6.50. The smallest absolute Gasteiger partial charge is 0.256 e. The Kier molecular flexibility index (Phi) is 4.42. The molecule has 0 amide bonds. The Morgan fingerprint density at radius 2 is 2.08 bits per heavy atom. The summed E-state index contributed by atoms with van der Waals surface area (Å²) in [6.07, 6.45) is 0.915. The fourth-order valence-electron chi connectivity index (χ4n) is 3.44. The van der Waals surface area contributed by atoms with Crippen molar-refractivity contribution in [2.75, 3.05) is 12.4 Å². The summed E-state index contributed by atoms with van der Waals surface area (Å²) in [4.78, 5) is 14.7. The van der Waals surface area contributed by atoms with E-state index in [9.17, 15) is 4.79 Å². The molecule has 0 saturated heterocycles. The van der Waals surface area contributed by atoms with Gasteiger partial charge in [0, 0.05) is 19.2 Å². The number of para-hydroxylation sites is 2. The molecule has 0 aliphatic carbocycles. The van der Waals surface area contributed by atoms with E-state index in [1.807, 2.05) is 46.8 Å². The van der Waals surface area contributed by atoms with Gasteiger partial charge in [-0.1, -0.05) is 41.9 Å². The first-order valence-electron chi connectivity index (χ1n) is 8.45. The zero-order chi connectivity index (χ0) is 18.3. The van der Waals surface area contributed by atoms with E-state index in [0.717, 1.165) is 35.1 Å². The first-order chi connectivity index (χ1) is 12.5. The fourth-order valence-corrected chi connectivity index (χ4v) is 3.80. The van der Waals surface area contributed by atoms with Gasteiger partial charge in [0.05, 0.1) is 22.8 Å². The first-order valence-corrected chi connectivity index (χ1v) is 9.24. The normalized spacial score (nSPS) is 12.4. The Labute approximate surface area is 162 Å². The van der Waals surface area contributed by atoms with E-state index in [-0.39, 0.29) is 5.56 Å². The lowest BCUT2D eigenvalue weighted by molar-refractivity contribution is 0.502. The maximum absolute atomic E-state index is 12.9. The molecule has 3 aromatic rings. The minimum absolute atomic E-state index is 0.0647. The van der Waals surface area contributed by atoms with E-state index >= 15 is 0 Å². The topological polar surface area (TPSA) is 37.3 Å². The summed E-state index contributed by atoms with van der Waals surface area (Å²) in [6, 6.07) is 15.6. The fraction of sp³-hybridized carbons (Fsp3) is 0.200. The molecule has 6 heteroatoms. The van der Waals surface area contributed by atoms with Crippen LogP contribution in [0.2, 0.25) is 5.02 Å². The molecule has 1 N–H and O–H groups in total. The van der Waals surface area contributed by atoms with Crippen LogP contribution in [0.5, 0.6) is 0 Å². The number of rotatable bonds is 3. The lowest BCUT2D eigenvalue weighted by Crippen LogP contribution is -2.34. The molecule has 1 aliphatic heterocycles. The summed E-state index contributed by atoms with van der Waals surface area (Å²) in [5.41, 5.74) is 3.87. The Balaban J connectivity index is 1.60. The molecule has 0 unspecified atom stereocenters. The highest BCUT2D eigenvalue weighted by molar-refractivity contribution is 7.80. The quantitative estimate of drug-likeness (QED) is 0.692. The van der Waals surface area contributed by atoms with Crippen LogP contribution >= 0.6 is 23.8 Å². The molecule has 1 aromatic heterocycles. The van der Waals surface area contributed by atoms with Crippen LogP contribution < -0.4 is 10.9 Å². The average Bonchev–Trinajstić information content (AvgIpc) is 3.07. The van der Waals surface area contributed by atoms with Gasteiger partial charge in [-0.2, -0.15) is 0 Å². The van der Waals surface area contributed by atoms with Gasteiger partial charge in [-0.15, -0.1) is 0 Å². The lowest BCUT2D eigenvalue weighted by Gasteiger charge is -2.22. The predicted molar refractivity (Wildman–Crippen MR) is 111 cm³/mol. The summed E-state index contributed by atoms with van der Waals surface area (Å²) in [6.45, 7) is 1.18. The van der Waals surface area contributed by atoms with Crippen molar-refractivity contribution >= 4 is 45.5 Å². The summed E-state index contributed by atoms with van der Waals surface area (Å²) in [7, 11) is 1.87. The third kappa shape index (κ3) is 2.97. The Morgan fingerprint density at radius 1 is 1.27 bits per heavy atom. The summed E-state index contributed by atoms with van der Waals surface area (Å²) < 4.78 is 1.89. The van der Waals surface area contributed by atoms with Crippen molar-refractivity contribution in [1.82, 2.24) is 9.47 Å². The van der Waals surface area contributed by atoms with E-state index < -0.39 is 0 Å².